The van der Waals surface area contributed by atoms with Crippen LogP contribution in [0.15, 0.2) is 4.52 Å². The summed E-state index contributed by atoms with van der Waals surface area (Å²) in [5, 5.41) is 15.5. The topological polar surface area (TPSA) is 71.2 Å². The van der Waals surface area contributed by atoms with Gasteiger partial charge in [-0.3, -0.25) is 0 Å². The van der Waals surface area contributed by atoms with E-state index in [1.807, 2.05) is 0 Å². The maximum Gasteiger partial charge on any atom is 0.321 e. The highest BCUT2D eigenvalue weighted by atomic mass is 16.5. The number of aromatic nitrogens is 2. The summed E-state index contributed by atoms with van der Waals surface area (Å²) in [4.78, 5) is 4.03. The zero-order chi connectivity index (χ0) is 10.4. The molecule has 0 aliphatic carbocycles. The molecule has 5 nitrogen and oxygen atoms in total. The number of rotatable bonds is 6. The van der Waals surface area contributed by atoms with Gasteiger partial charge in [-0.25, -0.2) is 0 Å². The van der Waals surface area contributed by atoms with Crippen molar-refractivity contribution in [2.24, 2.45) is 5.92 Å². The Morgan fingerprint density at radius 2 is 2.36 bits per heavy atom. The number of anilines is 1. The highest BCUT2D eigenvalue weighted by Gasteiger charge is 2.07. The molecule has 0 radical (unpaired) electrons. The molecule has 1 atom stereocenters. The predicted octanol–water partition coefficient (Wildman–Crippen LogP) is 1.20. The molecule has 0 spiro atoms. The number of hydrogen-bond acceptors (Lipinski definition) is 5. The summed E-state index contributed by atoms with van der Waals surface area (Å²) in [5.74, 6) is 1.08. The predicted molar refractivity (Wildman–Crippen MR) is 53.0 cm³/mol. The lowest BCUT2D eigenvalue weighted by molar-refractivity contribution is 0.257. The lowest BCUT2D eigenvalue weighted by Crippen LogP contribution is -2.15. The minimum absolute atomic E-state index is 0.225. The van der Waals surface area contributed by atoms with Crippen molar-refractivity contribution in [3.05, 3.63) is 5.82 Å². The van der Waals surface area contributed by atoms with E-state index in [4.69, 9.17) is 9.63 Å². The molecule has 0 saturated carbocycles. The molecule has 1 heterocycles. The fraction of sp³-hybridized carbons (Fsp3) is 0.778. The molecule has 1 aromatic rings. The fourth-order valence-corrected chi connectivity index (χ4v) is 1.23. The van der Waals surface area contributed by atoms with Crippen LogP contribution < -0.4 is 5.32 Å². The van der Waals surface area contributed by atoms with Gasteiger partial charge in [0.25, 0.3) is 0 Å². The highest BCUT2D eigenvalue weighted by molar-refractivity contribution is 5.17. The summed E-state index contributed by atoms with van der Waals surface area (Å²) >= 11 is 0. The molecule has 0 fully saturated rings. The van der Waals surface area contributed by atoms with Crippen LogP contribution in [-0.4, -0.2) is 28.4 Å². The molecule has 0 amide bonds. The zero-order valence-electron chi connectivity index (χ0n) is 8.66. The molecule has 1 aromatic heterocycles. The molecule has 0 aromatic carbocycles. The van der Waals surface area contributed by atoms with Gasteiger partial charge in [-0.05, 0) is 19.3 Å². The van der Waals surface area contributed by atoms with E-state index in [9.17, 15) is 0 Å². The molecule has 2 N–H and O–H groups in total. The second-order valence-corrected chi connectivity index (χ2v) is 3.31. The molecule has 5 heteroatoms. The summed E-state index contributed by atoms with van der Waals surface area (Å²) in [6.07, 6.45) is 1.83. The van der Waals surface area contributed by atoms with E-state index in [0.29, 0.717) is 17.8 Å². The lowest BCUT2D eigenvalue weighted by Gasteiger charge is -2.12. The van der Waals surface area contributed by atoms with E-state index in [0.717, 1.165) is 19.4 Å². The Morgan fingerprint density at radius 1 is 1.57 bits per heavy atom. The molecule has 14 heavy (non-hydrogen) atoms. The van der Waals surface area contributed by atoms with Gasteiger partial charge in [0, 0.05) is 13.2 Å². The largest absolute Gasteiger partial charge is 0.396 e. The van der Waals surface area contributed by atoms with Gasteiger partial charge < -0.3 is 14.9 Å². The average Bonchev–Trinajstić information content (AvgIpc) is 2.59. The summed E-state index contributed by atoms with van der Waals surface area (Å²) < 4.78 is 4.90. The summed E-state index contributed by atoms with van der Waals surface area (Å²) in [5.41, 5.74) is 0. The minimum atomic E-state index is 0.225. The van der Waals surface area contributed by atoms with Crippen molar-refractivity contribution in [2.45, 2.75) is 26.7 Å². The lowest BCUT2D eigenvalue weighted by atomic mass is 10.0. The smallest absolute Gasteiger partial charge is 0.321 e. The maximum atomic E-state index is 8.79. The third kappa shape index (κ3) is 3.33. The van der Waals surface area contributed by atoms with E-state index >= 15 is 0 Å². The monoisotopic (exact) mass is 199 g/mol. The van der Waals surface area contributed by atoms with Crippen LogP contribution in [0, 0.1) is 12.8 Å². The van der Waals surface area contributed by atoms with Crippen molar-refractivity contribution in [2.75, 3.05) is 18.5 Å². The number of hydrogen-bond donors (Lipinski definition) is 2. The van der Waals surface area contributed by atoms with Crippen LogP contribution in [0.2, 0.25) is 0 Å². The fourth-order valence-electron chi connectivity index (χ4n) is 1.23. The minimum Gasteiger partial charge on any atom is -0.396 e. The van der Waals surface area contributed by atoms with Crippen LogP contribution in [-0.2, 0) is 0 Å². The molecule has 0 aliphatic rings. The van der Waals surface area contributed by atoms with Crippen LogP contribution in [0.4, 0.5) is 6.01 Å². The molecule has 1 rings (SSSR count). The first kappa shape index (κ1) is 11.0. The van der Waals surface area contributed by atoms with Gasteiger partial charge >= 0.3 is 6.01 Å². The first-order valence-electron chi connectivity index (χ1n) is 4.91. The van der Waals surface area contributed by atoms with E-state index in [2.05, 4.69) is 22.4 Å². The third-order valence-corrected chi connectivity index (χ3v) is 2.18. The summed E-state index contributed by atoms with van der Waals surface area (Å²) in [6, 6.07) is 0.457. The van der Waals surface area contributed by atoms with E-state index < -0.39 is 0 Å². The van der Waals surface area contributed by atoms with Gasteiger partial charge in [0.15, 0.2) is 5.82 Å². The van der Waals surface area contributed by atoms with Gasteiger partial charge in [0.2, 0.25) is 0 Å². The Labute approximate surface area is 83.5 Å². The third-order valence-electron chi connectivity index (χ3n) is 2.18. The quantitative estimate of drug-likeness (QED) is 0.720. The van der Waals surface area contributed by atoms with Crippen molar-refractivity contribution in [1.29, 1.82) is 0 Å². The van der Waals surface area contributed by atoms with Crippen LogP contribution in [0.3, 0.4) is 0 Å². The van der Waals surface area contributed by atoms with Gasteiger partial charge in [-0.2, -0.15) is 4.98 Å². The first-order chi connectivity index (χ1) is 6.76. The SMILES string of the molecule is CCC(CCO)CNc1nc(C)no1. The number of aryl methyl sites for hydroxylation is 1. The first-order valence-corrected chi connectivity index (χ1v) is 4.91. The summed E-state index contributed by atoms with van der Waals surface area (Å²) in [7, 11) is 0. The molecule has 0 saturated heterocycles. The molecular formula is C9H17N3O2. The Hall–Kier alpha value is -1.10. The second-order valence-electron chi connectivity index (χ2n) is 3.31. The Balaban J connectivity index is 2.31. The van der Waals surface area contributed by atoms with Gasteiger partial charge in [0.05, 0.1) is 0 Å². The van der Waals surface area contributed by atoms with E-state index in [1.165, 1.54) is 0 Å². The molecule has 0 aliphatic heterocycles. The van der Waals surface area contributed by atoms with Crippen LogP contribution >= 0.6 is 0 Å². The average molecular weight is 199 g/mol. The van der Waals surface area contributed by atoms with Gasteiger partial charge in [-0.1, -0.05) is 18.5 Å². The van der Waals surface area contributed by atoms with E-state index in [-0.39, 0.29) is 6.61 Å². The number of nitrogens with zero attached hydrogens (tertiary/aromatic N) is 2. The van der Waals surface area contributed by atoms with Crippen LogP contribution in [0.1, 0.15) is 25.6 Å². The number of nitrogens with one attached hydrogen (secondary N) is 1. The number of aliphatic hydroxyl groups excluding tert-OH is 1. The second kappa shape index (κ2) is 5.59. The number of aliphatic hydroxyl groups is 1. The molecule has 80 valence electrons. The zero-order valence-corrected chi connectivity index (χ0v) is 8.66. The molecule has 0 bridgehead atoms. The Kier molecular flexibility index (Phi) is 4.39. The summed E-state index contributed by atoms with van der Waals surface area (Å²) in [6.45, 7) is 4.86. The van der Waals surface area contributed by atoms with E-state index in [1.54, 1.807) is 6.92 Å². The van der Waals surface area contributed by atoms with Crippen molar-refractivity contribution in [3.8, 4) is 0 Å². The van der Waals surface area contributed by atoms with Crippen molar-refractivity contribution in [1.82, 2.24) is 10.1 Å². The normalized spacial score (nSPS) is 12.8. The molecule has 1 unspecified atom stereocenters. The Bertz CT molecular complexity index is 262. The molecular weight excluding hydrogens is 182 g/mol. The van der Waals surface area contributed by atoms with Crippen LogP contribution in [0.5, 0.6) is 0 Å². The standard InChI is InChI=1S/C9H17N3O2/c1-3-8(4-5-13)6-10-9-11-7(2)12-14-9/h8,13H,3-6H2,1-2H3,(H,10,11,12). The van der Waals surface area contributed by atoms with Crippen molar-refractivity contribution in [3.63, 3.8) is 0 Å². The Morgan fingerprint density at radius 3 is 2.86 bits per heavy atom. The van der Waals surface area contributed by atoms with Crippen LogP contribution in [0.25, 0.3) is 0 Å². The van der Waals surface area contributed by atoms with Crippen molar-refractivity contribution >= 4 is 6.01 Å². The maximum absolute atomic E-state index is 8.79. The highest BCUT2D eigenvalue weighted by Crippen LogP contribution is 2.09. The van der Waals surface area contributed by atoms with Crippen molar-refractivity contribution < 1.29 is 9.63 Å². The van der Waals surface area contributed by atoms with Gasteiger partial charge in [0.1, 0.15) is 0 Å². The van der Waals surface area contributed by atoms with Gasteiger partial charge in [-0.15, -0.1) is 0 Å².